The van der Waals surface area contributed by atoms with Gasteiger partial charge in [0.15, 0.2) is 0 Å². The smallest absolute Gasteiger partial charge is 0.326 e. The Morgan fingerprint density at radius 2 is 0.989 bits per heavy atom. The molecule has 1 aromatic carbocycles. The van der Waals surface area contributed by atoms with E-state index in [-0.39, 0.29) is 61.8 Å². The summed E-state index contributed by atoms with van der Waals surface area (Å²) in [7, 11) is 0. The molecule has 0 bridgehead atoms. The molecule has 0 saturated heterocycles. The van der Waals surface area contributed by atoms with Crippen LogP contribution in [0.5, 0.6) is 5.75 Å². The van der Waals surface area contributed by atoms with E-state index in [9.17, 15) is 93.0 Å². The monoisotopic (exact) mass is 1250 g/mol. The number of aliphatic carboxylic acids is 2. The van der Waals surface area contributed by atoms with Crippen molar-refractivity contribution in [3.8, 4) is 5.75 Å². The molecule has 2 aromatic rings. The van der Waals surface area contributed by atoms with Gasteiger partial charge < -0.3 is 106 Å². The van der Waals surface area contributed by atoms with Gasteiger partial charge in [-0.2, -0.15) is 0 Å². The summed E-state index contributed by atoms with van der Waals surface area (Å²) in [5.41, 5.74) is 17.7. The van der Waals surface area contributed by atoms with Crippen LogP contribution in [-0.4, -0.2) is 210 Å². The second-order valence-corrected chi connectivity index (χ2v) is 21.7. The third kappa shape index (κ3) is 26.8. The molecule has 34 heteroatoms. The minimum atomic E-state index is -2.00. The number of carbonyl (C=O) groups is 13. The van der Waals surface area contributed by atoms with E-state index in [4.69, 9.17) is 17.2 Å². The van der Waals surface area contributed by atoms with Gasteiger partial charge in [0.1, 0.15) is 66.2 Å². The zero-order valence-electron chi connectivity index (χ0n) is 49.7. The fourth-order valence-electron chi connectivity index (χ4n) is 8.39. The molecular formula is C54H85N15O19. The molecule has 0 radical (unpaired) electrons. The van der Waals surface area contributed by atoms with Gasteiger partial charge in [0.05, 0.1) is 44.5 Å². The molecule has 1 aromatic heterocycles. The number of phenolic OH excluding ortho intramolecular Hbond substituents is 1. The summed E-state index contributed by atoms with van der Waals surface area (Å²) >= 11 is 0. The molecule has 0 saturated carbocycles. The van der Waals surface area contributed by atoms with Gasteiger partial charge in [-0.3, -0.25) is 57.5 Å². The average molecular weight is 1250 g/mol. The molecule has 490 valence electrons. The van der Waals surface area contributed by atoms with Crippen LogP contribution in [0.4, 0.5) is 0 Å². The predicted octanol–water partition coefficient (Wildman–Crippen LogP) is -6.88. The maximum Gasteiger partial charge on any atom is 0.326 e. The summed E-state index contributed by atoms with van der Waals surface area (Å²) in [6.45, 7) is 7.03. The van der Waals surface area contributed by atoms with Crippen molar-refractivity contribution < 1.29 is 93.0 Å². The number of rotatable bonds is 40. The van der Waals surface area contributed by atoms with Crippen LogP contribution in [0.2, 0.25) is 0 Å². The van der Waals surface area contributed by atoms with Crippen LogP contribution in [0.3, 0.4) is 0 Å². The Bertz CT molecular complexity index is 2700. The first-order valence-electron chi connectivity index (χ1n) is 28.2. The topological polar surface area (TPSA) is 570 Å². The van der Waals surface area contributed by atoms with E-state index < -0.39 is 182 Å². The molecule has 0 aliphatic carbocycles. The van der Waals surface area contributed by atoms with Crippen molar-refractivity contribution in [2.45, 2.75) is 172 Å². The van der Waals surface area contributed by atoms with E-state index in [2.05, 4.69) is 63.1 Å². The molecule has 12 atom stereocenters. The Labute approximate surface area is 506 Å². The van der Waals surface area contributed by atoms with Crippen molar-refractivity contribution in [2.75, 3.05) is 19.8 Å². The van der Waals surface area contributed by atoms with E-state index >= 15 is 0 Å². The number of amides is 11. The number of nitrogens with one attached hydrogen (secondary N) is 11. The number of hydrogen-bond acceptors (Lipinski definition) is 20. The number of aliphatic hydroxyl groups excluding tert-OH is 3. The van der Waals surface area contributed by atoms with Crippen LogP contribution in [0.15, 0.2) is 36.8 Å². The molecule has 12 unspecified atom stereocenters. The number of hydrogen-bond donors (Lipinski definition) is 20. The number of imidazole rings is 1. The summed E-state index contributed by atoms with van der Waals surface area (Å²) in [5.74, 6) is -15.7. The molecule has 0 aliphatic heterocycles. The van der Waals surface area contributed by atoms with Gasteiger partial charge in [-0.1, -0.05) is 39.8 Å². The van der Waals surface area contributed by atoms with Crippen molar-refractivity contribution in [3.63, 3.8) is 0 Å². The van der Waals surface area contributed by atoms with Crippen LogP contribution in [0.25, 0.3) is 0 Å². The molecular weight excluding hydrogens is 1160 g/mol. The third-order valence-corrected chi connectivity index (χ3v) is 13.1. The molecule has 1 heterocycles. The molecule has 88 heavy (non-hydrogen) atoms. The van der Waals surface area contributed by atoms with Crippen LogP contribution >= 0.6 is 0 Å². The highest BCUT2D eigenvalue weighted by molar-refractivity contribution is 6.00. The number of aliphatic hydroxyl groups is 3. The zero-order chi connectivity index (χ0) is 66.5. The minimum absolute atomic E-state index is 0.00566. The van der Waals surface area contributed by atoms with Crippen molar-refractivity contribution in [1.29, 1.82) is 0 Å². The van der Waals surface area contributed by atoms with Crippen molar-refractivity contribution in [3.05, 3.63) is 48.0 Å². The van der Waals surface area contributed by atoms with E-state index in [1.807, 2.05) is 13.8 Å². The van der Waals surface area contributed by atoms with Crippen LogP contribution in [0.1, 0.15) is 97.7 Å². The molecule has 34 nitrogen and oxygen atoms in total. The predicted molar refractivity (Wildman–Crippen MR) is 308 cm³/mol. The number of aromatic nitrogens is 2. The van der Waals surface area contributed by atoms with Gasteiger partial charge in [-0.15, -0.1) is 0 Å². The molecule has 2 rings (SSSR count). The number of carboxylic acids is 2. The van der Waals surface area contributed by atoms with Crippen molar-refractivity contribution in [1.82, 2.24) is 63.1 Å². The maximum absolute atomic E-state index is 14.0. The summed E-state index contributed by atoms with van der Waals surface area (Å²) in [5, 5.41) is 83.3. The van der Waals surface area contributed by atoms with Crippen LogP contribution in [-0.2, 0) is 75.2 Å². The van der Waals surface area contributed by atoms with Gasteiger partial charge >= 0.3 is 11.9 Å². The Morgan fingerprint density at radius 1 is 0.534 bits per heavy atom. The van der Waals surface area contributed by atoms with Gasteiger partial charge in [0, 0.05) is 24.7 Å². The molecule has 0 aliphatic rings. The lowest BCUT2D eigenvalue weighted by molar-refractivity contribution is -0.144. The Hall–Kier alpha value is -8.86. The summed E-state index contributed by atoms with van der Waals surface area (Å²) in [6.07, 6.45) is -0.985. The molecule has 0 fully saturated rings. The third-order valence-electron chi connectivity index (χ3n) is 13.1. The number of H-pyrrole nitrogens is 1. The number of unbranched alkanes of at least 4 members (excludes halogenated alkanes) is 1. The Kier molecular flexibility index (Phi) is 32.2. The number of aromatic hydroxyl groups is 1. The zero-order valence-corrected chi connectivity index (χ0v) is 49.7. The summed E-state index contributed by atoms with van der Waals surface area (Å²) < 4.78 is 0. The SMILES string of the molecule is CC(C)CC(N)C(=O)NC(Cc1cnc[nH]1)C(=O)NC(CC(N)=O)C(=O)NC(C(=O)NC(CO)C(=O)NC(Cc1ccc(O)cc1)C(=O)NC(CO)C(=O)NC(C)C(=O)NC(CCCCN)C(=O)NC(CC(=O)O)C(=O)NC(CC(C)C)C(=O)O)C(C)O. The quantitative estimate of drug-likeness (QED) is 0.0276. The first-order valence-corrected chi connectivity index (χ1v) is 28.2. The average Bonchev–Trinajstić information content (AvgIpc) is 2.19. The number of aromatic amines is 1. The van der Waals surface area contributed by atoms with E-state index in [0.717, 1.165) is 13.8 Å². The highest BCUT2D eigenvalue weighted by atomic mass is 16.4. The molecule has 0 spiro atoms. The van der Waals surface area contributed by atoms with Crippen molar-refractivity contribution in [2.24, 2.45) is 29.0 Å². The second-order valence-electron chi connectivity index (χ2n) is 21.7. The molecule has 23 N–H and O–H groups in total. The van der Waals surface area contributed by atoms with E-state index in [0.29, 0.717) is 12.1 Å². The summed E-state index contributed by atoms with van der Waals surface area (Å²) in [6, 6.07) is -13.0. The van der Waals surface area contributed by atoms with Gasteiger partial charge in [-0.25, -0.2) is 9.78 Å². The first kappa shape index (κ1) is 75.2. The first-order chi connectivity index (χ1) is 41.3. The highest BCUT2D eigenvalue weighted by Gasteiger charge is 2.37. The van der Waals surface area contributed by atoms with Crippen LogP contribution in [0, 0.1) is 11.8 Å². The fourth-order valence-corrected chi connectivity index (χ4v) is 8.39. The fraction of sp³-hybridized carbons (Fsp3) is 0.593. The van der Waals surface area contributed by atoms with Crippen LogP contribution < -0.4 is 70.4 Å². The minimum Gasteiger partial charge on any atom is -0.508 e. The van der Waals surface area contributed by atoms with Crippen molar-refractivity contribution >= 4 is 76.9 Å². The number of carboxylic acid groups (broad SMARTS) is 2. The number of nitrogens with two attached hydrogens (primary N) is 3. The lowest BCUT2D eigenvalue weighted by Gasteiger charge is -2.28. The normalized spacial score (nSPS) is 15.3. The Morgan fingerprint density at radius 3 is 1.49 bits per heavy atom. The van der Waals surface area contributed by atoms with Gasteiger partial charge in [0.2, 0.25) is 65.0 Å². The lowest BCUT2D eigenvalue weighted by Crippen LogP contribution is -2.63. The molecule has 11 amide bonds. The largest absolute Gasteiger partial charge is 0.508 e. The summed E-state index contributed by atoms with van der Waals surface area (Å²) in [4.78, 5) is 179. The van der Waals surface area contributed by atoms with E-state index in [1.165, 1.54) is 36.8 Å². The second kappa shape index (κ2) is 37.6. The number of benzene rings is 1. The number of primary amides is 1. The standard InChI is InChI=1S/C54H85N15O19/c1-25(2)15-32(56)45(78)62-35(18-30-21-58-24-59-30)48(81)64-36(19-41(57)74)50(83)69-43(28(6)72)53(86)68-40(23-71)52(85)63-34(17-29-10-12-31(73)13-11-29)47(80)67-39(22-70)51(84)60-27(5)44(77)61-33(9-7-8-14-55)46(79)65-37(20-42(75)76)49(82)66-38(54(87)88)16-26(3)4/h10-13,21,24-28,32-40,43,70-73H,7-9,14-20,22-23,55-56H2,1-6H3,(H2,57,74)(H,58,59)(H,60,84)(H,61,77)(H,62,78)(H,63,85)(H,64,81)(H,65,79)(H,66,82)(H,67,80)(H,68,86)(H,69,83)(H,75,76)(H,87,88). The number of nitrogens with zero attached hydrogens (tertiary/aromatic N) is 1. The lowest BCUT2D eigenvalue weighted by atomic mass is 10.0. The highest BCUT2D eigenvalue weighted by Crippen LogP contribution is 2.14. The number of carbonyl (C=O) groups excluding carboxylic acids is 11. The maximum atomic E-state index is 14.0. The van der Waals surface area contributed by atoms with Gasteiger partial charge in [-0.05, 0) is 82.0 Å². The number of phenols is 1. The van der Waals surface area contributed by atoms with E-state index in [1.54, 1.807) is 13.8 Å². The Balaban J connectivity index is 2.34. The van der Waals surface area contributed by atoms with Gasteiger partial charge in [0.25, 0.3) is 0 Å².